The molecule has 0 spiro atoms. The zero-order chi connectivity index (χ0) is 51.7. The number of ether oxygens (including phenoxy) is 4. The monoisotopic (exact) mass is 1020 g/mol. The van der Waals surface area contributed by atoms with E-state index < -0.39 is 70.1 Å². The molecule has 1 aromatic heterocycles. The number of hydrogen-bond acceptors (Lipinski definition) is 13. The van der Waals surface area contributed by atoms with Crippen molar-refractivity contribution in [1.29, 1.82) is 5.26 Å². The van der Waals surface area contributed by atoms with Crippen molar-refractivity contribution in [3.8, 4) is 22.3 Å². The minimum Gasteiger partial charge on any atom is -0.491 e. The fraction of sp³-hybridized carbons (Fsp3) is 0.460. The largest absolute Gasteiger partial charge is 0.491 e. The Morgan fingerprint density at radius 1 is 0.958 bits per heavy atom. The number of amides is 4. The number of benzene rings is 3. The Kier molecular flexibility index (Phi) is 18.0. The Labute approximate surface area is 420 Å². The fourth-order valence-corrected chi connectivity index (χ4v) is 9.44. The van der Waals surface area contributed by atoms with Gasteiger partial charge in [-0.3, -0.25) is 24.1 Å². The van der Waals surface area contributed by atoms with Crippen LogP contribution in [-0.4, -0.2) is 120 Å². The molecule has 0 bridgehead atoms. The van der Waals surface area contributed by atoms with E-state index in [1.54, 1.807) is 59.9 Å². The number of aromatic nitrogens is 1. The molecule has 21 heteroatoms. The SMILES string of the molecule is Cc1ncsc1-c1ccc(CNC(=O)[C@@H]2C[C@@H](O)CN2C(=O)[C@@H](NC(=O)COCCCOCCOCCOc2ccc(N3C(=S)N(c4ccc(C#N)c(C(F)(F)F)c4)C(=O)C3(C)C)cc2)C(C)(C)C)cc1. The zero-order valence-electron chi connectivity index (χ0n) is 40.3. The molecular weight excluding hydrogens is 964 g/mol. The van der Waals surface area contributed by atoms with E-state index in [2.05, 4.69) is 15.6 Å². The lowest BCUT2D eigenvalue weighted by molar-refractivity contribution is -0.144. The van der Waals surface area contributed by atoms with E-state index in [1.807, 2.05) is 52.0 Å². The second-order valence-corrected chi connectivity index (χ2v) is 19.8. The molecule has 16 nitrogen and oxygen atoms in total. The number of rotatable bonds is 21. The van der Waals surface area contributed by atoms with Crippen molar-refractivity contribution in [3.05, 3.63) is 94.6 Å². The van der Waals surface area contributed by atoms with Gasteiger partial charge in [0.15, 0.2) is 5.11 Å². The molecule has 2 fully saturated rings. The van der Waals surface area contributed by atoms with Crippen molar-refractivity contribution in [2.45, 2.75) is 90.8 Å². The number of carbonyl (C=O) groups is 4. The van der Waals surface area contributed by atoms with E-state index >= 15 is 0 Å². The molecule has 71 heavy (non-hydrogen) atoms. The number of thiazole rings is 1. The fourth-order valence-electron chi connectivity index (χ4n) is 8.10. The van der Waals surface area contributed by atoms with Crippen molar-refractivity contribution >= 4 is 63.7 Å². The first-order valence-electron chi connectivity index (χ1n) is 22.9. The number of nitrogens with zero attached hydrogens (tertiary/aromatic N) is 5. The van der Waals surface area contributed by atoms with Gasteiger partial charge in [-0.2, -0.15) is 18.4 Å². The van der Waals surface area contributed by atoms with E-state index in [0.29, 0.717) is 37.7 Å². The normalized spacial score (nSPS) is 17.3. The molecule has 4 aromatic rings. The van der Waals surface area contributed by atoms with E-state index in [9.17, 15) is 42.7 Å². The van der Waals surface area contributed by atoms with Crippen molar-refractivity contribution in [2.24, 2.45) is 5.41 Å². The number of nitrogens with one attached hydrogen (secondary N) is 2. The third-order valence-electron chi connectivity index (χ3n) is 11.8. The minimum atomic E-state index is -4.81. The average Bonchev–Trinajstić information content (AvgIpc) is 3.99. The van der Waals surface area contributed by atoms with Crippen molar-refractivity contribution in [2.75, 3.05) is 62.6 Å². The van der Waals surface area contributed by atoms with Gasteiger partial charge in [-0.25, -0.2) is 4.98 Å². The van der Waals surface area contributed by atoms with Crippen LogP contribution < -0.4 is 25.2 Å². The Balaban J connectivity index is 0.851. The molecule has 3 heterocycles. The molecule has 0 radical (unpaired) electrons. The van der Waals surface area contributed by atoms with Gasteiger partial charge >= 0.3 is 6.18 Å². The van der Waals surface area contributed by atoms with Gasteiger partial charge in [0.1, 0.15) is 36.6 Å². The summed E-state index contributed by atoms with van der Waals surface area (Å²) in [6, 6.07) is 17.2. The van der Waals surface area contributed by atoms with Gasteiger partial charge in [0.05, 0.1) is 64.9 Å². The van der Waals surface area contributed by atoms with Gasteiger partial charge in [0.2, 0.25) is 17.7 Å². The molecular formula is C50H58F3N7O9S2. The molecule has 0 aliphatic carbocycles. The van der Waals surface area contributed by atoms with Crippen LogP contribution >= 0.6 is 23.6 Å². The predicted octanol–water partition coefficient (Wildman–Crippen LogP) is 6.55. The van der Waals surface area contributed by atoms with E-state index in [1.165, 1.54) is 17.0 Å². The Morgan fingerprint density at radius 2 is 1.61 bits per heavy atom. The van der Waals surface area contributed by atoms with E-state index in [0.717, 1.165) is 38.7 Å². The molecule has 2 saturated heterocycles. The van der Waals surface area contributed by atoms with Crippen LogP contribution in [0, 0.1) is 23.7 Å². The highest BCUT2D eigenvalue weighted by Crippen LogP contribution is 2.40. The number of anilines is 2. The molecule has 3 aromatic carbocycles. The van der Waals surface area contributed by atoms with E-state index in [4.69, 9.17) is 31.2 Å². The van der Waals surface area contributed by atoms with Gasteiger partial charge < -0.3 is 44.5 Å². The highest BCUT2D eigenvalue weighted by Gasteiger charge is 2.51. The lowest BCUT2D eigenvalue weighted by atomic mass is 9.85. The molecule has 3 N–H and O–H groups in total. The zero-order valence-corrected chi connectivity index (χ0v) is 42.0. The highest BCUT2D eigenvalue weighted by molar-refractivity contribution is 7.81. The maximum Gasteiger partial charge on any atom is 0.417 e. The first-order valence-corrected chi connectivity index (χ1v) is 24.2. The quantitative estimate of drug-likeness (QED) is 0.0601. The smallest absolute Gasteiger partial charge is 0.417 e. The van der Waals surface area contributed by atoms with Crippen LogP contribution in [0.1, 0.15) is 69.8 Å². The van der Waals surface area contributed by atoms with E-state index in [-0.39, 0.29) is 56.7 Å². The van der Waals surface area contributed by atoms with Gasteiger partial charge in [0.25, 0.3) is 5.91 Å². The summed E-state index contributed by atoms with van der Waals surface area (Å²) in [4.78, 5) is 63.2. The number of carbonyl (C=O) groups excluding carboxylic acids is 4. The summed E-state index contributed by atoms with van der Waals surface area (Å²) in [6.07, 6.45) is -5.13. The van der Waals surface area contributed by atoms with Gasteiger partial charge in [-0.15, -0.1) is 11.3 Å². The number of aliphatic hydroxyl groups is 1. The van der Waals surface area contributed by atoms with Crippen LogP contribution in [0.5, 0.6) is 5.75 Å². The third kappa shape index (κ3) is 13.5. The lowest BCUT2D eigenvalue weighted by Crippen LogP contribution is -2.58. The number of aryl methyl sites for hydroxylation is 1. The summed E-state index contributed by atoms with van der Waals surface area (Å²) in [6.45, 7) is 12.2. The Hall–Kier alpha value is -6.02. The van der Waals surface area contributed by atoms with Crippen molar-refractivity contribution < 1.29 is 56.4 Å². The lowest BCUT2D eigenvalue weighted by Gasteiger charge is -2.35. The van der Waals surface area contributed by atoms with Crippen LogP contribution in [0.4, 0.5) is 24.5 Å². The number of halogens is 3. The van der Waals surface area contributed by atoms with Gasteiger partial charge in [-0.1, -0.05) is 45.0 Å². The predicted molar refractivity (Wildman–Crippen MR) is 263 cm³/mol. The first kappa shape index (κ1) is 54.3. The minimum absolute atomic E-state index is 0.0194. The summed E-state index contributed by atoms with van der Waals surface area (Å²) >= 11 is 7.16. The molecule has 0 saturated carbocycles. The number of nitriles is 1. The van der Waals surface area contributed by atoms with Crippen LogP contribution in [0.2, 0.25) is 0 Å². The number of thiocarbonyl (C=S) groups is 1. The number of β-amino-alcohol motifs (C(OH)–C–C–N with tert-alkyl or cyclic N) is 1. The summed E-state index contributed by atoms with van der Waals surface area (Å²) in [5.74, 6) is -1.39. The Morgan fingerprint density at radius 3 is 2.24 bits per heavy atom. The van der Waals surface area contributed by atoms with Gasteiger partial charge in [-0.05, 0) is 98.4 Å². The van der Waals surface area contributed by atoms with Crippen LogP contribution in [-0.2, 0) is 46.1 Å². The number of hydrogen-bond donors (Lipinski definition) is 3. The van der Waals surface area contributed by atoms with Crippen molar-refractivity contribution in [1.82, 2.24) is 20.5 Å². The summed E-state index contributed by atoms with van der Waals surface area (Å²) in [5.41, 5.74) is 1.39. The second-order valence-electron chi connectivity index (χ2n) is 18.6. The molecule has 2 aliphatic heterocycles. The Bertz CT molecular complexity index is 2580. The average molecular weight is 1020 g/mol. The second kappa shape index (κ2) is 23.5. The van der Waals surface area contributed by atoms with Crippen LogP contribution in [0.3, 0.4) is 0 Å². The summed E-state index contributed by atoms with van der Waals surface area (Å²) < 4.78 is 63.7. The number of aliphatic hydroxyl groups excluding tert-OH is 1. The highest BCUT2D eigenvalue weighted by atomic mass is 32.1. The van der Waals surface area contributed by atoms with Crippen LogP contribution in [0.15, 0.2) is 72.2 Å². The topological polar surface area (TPSA) is 196 Å². The standard InChI is InChI=1S/C50H58F3N7O9S2/c1-31-42(71-30-56-31)33-10-8-32(9-11-33)27-55-44(63)40-25-37(61)28-58(40)45(64)43(48(2,3)4)57-41(62)29-68-19-7-18-66-20-21-67-22-23-69-38-16-14-35(15-17-38)60-47(70)59(46(65)49(60,5)6)36-13-12-34(26-54)39(24-36)50(51,52)53/h8-17,24,30,37,40,43,61H,7,18-23,25,27-29H2,1-6H3,(H,55,63)(H,57,62)/t37-,40+,43-/m1/s1. The molecule has 2 aliphatic rings. The first-order chi connectivity index (χ1) is 33.6. The third-order valence-corrected chi connectivity index (χ3v) is 13.2. The van der Waals surface area contributed by atoms with Crippen LogP contribution in [0.25, 0.3) is 10.4 Å². The molecule has 3 atom stereocenters. The number of likely N-dealkylation sites (tertiary alicyclic amines) is 1. The van der Waals surface area contributed by atoms with Crippen molar-refractivity contribution in [3.63, 3.8) is 0 Å². The molecule has 6 rings (SSSR count). The maximum atomic E-state index is 13.9. The van der Waals surface area contributed by atoms with Gasteiger partial charge in [0, 0.05) is 38.4 Å². The molecule has 4 amide bonds. The molecule has 380 valence electrons. The molecule has 0 unspecified atom stereocenters. The summed E-state index contributed by atoms with van der Waals surface area (Å²) in [5, 5.41) is 25.4. The number of alkyl halides is 3. The summed E-state index contributed by atoms with van der Waals surface area (Å²) in [7, 11) is 0. The maximum absolute atomic E-state index is 13.9.